The number of hydrogen-bond donors (Lipinski definition) is 1. The van der Waals surface area contributed by atoms with Crippen LogP contribution in [0.2, 0.25) is 0 Å². The summed E-state index contributed by atoms with van der Waals surface area (Å²) in [7, 11) is 0. The highest BCUT2D eigenvalue weighted by Gasteiger charge is 2.27. The Morgan fingerprint density at radius 2 is 2.33 bits per heavy atom. The molecule has 2 saturated heterocycles. The Kier molecular flexibility index (Phi) is 3.36. The van der Waals surface area contributed by atoms with Crippen LogP contribution >= 0.6 is 0 Å². The monoisotopic (exact) mass is 211 g/mol. The Morgan fingerprint density at radius 3 is 2.93 bits per heavy atom. The molecule has 2 heterocycles. The zero-order valence-corrected chi connectivity index (χ0v) is 8.83. The number of carbonyl (C=O) groups is 2. The minimum atomic E-state index is -0.223. The summed E-state index contributed by atoms with van der Waals surface area (Å²) in [5.41, 5.74) is 0. The Hall–Kier alpha value is -0.900. The van der Waals surface area contributed by atoms with E-state index in [4.69, 9.17) is 4.74 Å². The van der Waals surface area contributed by atoms with Gasteiger partial charge in [-0.05, 0) is 25.7 Å². The molecule has 0 aromatic heterocycles. The van der Waals surface area contributed by atoms with Gasteiger partial charge in [0.15, 0.2) is 5.78 Å². The first-order chi connectivity index (χ1) is 7.25. The summed E-state index contributed by atoms with van der Waals surface area (Å²) in [5.74, 6) is 0.168. The highest BCUT2D eigenvalue weighted by molar-refractivity contribution is 5.91. The number of rotatable bonds is 4. The van der Waals surface area contributed by atoms with Gasteiger partial charge in [0.2, 0.25) is 5.91 Å². The van der Waals surface area contributed by atoms with Crippen LogP contribution in [0.5, 0.6) is 0 Å². The van der Waals surface area contributed by atoms with Crippen molar-refractivity contribution in [2.75, 3.05) is 6.61 Å². The van der Waals surface area contributed by atoms with Crippen molar-refractivity contribution in [2.45, 2.75) is 50.7 Å². The average molecular weight is 211 g/mol. The second kappa shape index (κ2) is 4.75. The van der Waals surface area contributed by atoms with Crippen molar-refractivity contribution >= 4 is 11.7 Å². The molecule has 4 heteroatoms. The molecule has 2 aliphatic heterocycles. The lowest BCUT2D eigenvalue weighted by Crippen LogP contribution is -2.33. The quantitative estimate of drug-likeness (QED) is 0.748. The van der Waals surface area contributed by atoms with E-state index in [2.05, 4.69) is 5.32 Å². The van der Waals surface area contributed by atoms with Gasteiger partial charge in [0.25, 0.3) is 0 Å². The van der Waals surface area contributed by atoms with Crippen LogP contribution in [0.4, 0.5) is 0 Å². The van der Waals surface area contributed by atoms with E-state index in [1.165, 1.54) is 0 Å². The summed E-state index contributed by atoms with van der Waals surface area (Å²) < 4.78 is 5.45. The second-order valence-electron chi connectivity index (χ2n) is 4.30. The average Bonchev–Trinajstić information content (AvgIpc) is 2.84. The fraction of sp³-hybridized carbons (Fsp3) is 0.818. The van der Waals surface area contributed by atoms with Gasteiger partial charge in [-0.15, -0.1) is 0 Å². The van der Waals surface area contributed by atoms with Crippen LogP contribution in [0.15, 0.2) is 0 Å². The summed E-state index contributed by atoms with van der Waals surface area (Å²) in [4.78, 5) is 22.6. The van der Waals surface area contributed by atoms with Crippen molar-refractivity contribution in [3.8, 4) is 0 Å². The summed E-state index contributed by atoms with van der Waals surface area (Å²) in [6.45, 7) is 0.832. The fourth-order valence-electron chi connectivity index (χ4n) is 2.21. The van der Waals surface area contributed by atoms with Crippen LogP contribution in [0, 0.1) is 0 Å². The van der Waals surface area contributed by atoms with Crippen LogP contribution in [0.1, 0.15) is 38.5 Å². The van der Waals surface area contributed by atoms with Gasteiger partial charge in [-0.3, -0.25) is 9.59 Å². The molecular weight excluding hydrogens is 194 g/mol. The Labute approximate surface area is 89.4 Å². The molecule has 0 aromatic rings. The Bertz CT molecular complexity index is 259. The van der Waals surface area contributed by atoms with Crippen molar-refractivity contribution in [3.05, 3.63) is 0 Å². The van der Waals surface area contributed by atoms with Crippen LogP contribution in [-0.4, -0.2) is 30.4 Å². The highest BCUT2D eigenvalue weighted by Crippen LogP contribution is 2.18. The first kappa shape index (κ1) is 10.6. The van der Waals surface area contributed by atoms with Crippen LogP contribution in [-0.2, 0) is 14.3 Å². The van der Waals surface area contributed by atoms with Crippen molar-refractivity contribution in [2.24, 2.45) is 0 Å². The molecule has 0 spiro atoms. The number of amides is 1. The molecule has 0 saturated carbocycles. The van der Waals surface area contributed by atoms with E-state index in [1.807, 2.05) is 0 Å². The molecule has 2 atom stereocenters. The van der Waals surface area contributed by atoms with Crippen molar-refractivity contribution < 1.29 is 14.3 Å². The molecule has 1 unspecified atom stereocenters. The third-order valence-corrected chi connectivity index (χ3v) is 3.12. The van der Waals surface area contributed by atoms with E-state index in [0.717, 1.165) is 25.9 Å². The predicted molar refractivity (Wildman–Crippen MR) is 54.4 cm³/mol. The summed E-state index contributed by atoms with van der Waals surface area (Å²) in [6.07, 6.45) is 4.97. The topological polar surface area (TPSA) is 55.4 Å². The van der Waals surface area contributed by atoms with Crippen molar-refractivity contribution in [3.63, 3.8) is 0 Å². The minimum absolute atomic E-state index is 0.00506. The predicted octanol–water partition coefficient (Wildman–Crippen LogP) is 0.793. The molecule has 2 rings (SSSR count). The normalized spacial score (nSPS) is 30.5. The number of carbonyl (C=O) groups excluding carboxylic acids is 2. The lowest BCUT2D eigenvalue weighted by molar-refractivity contribution is -0.124. The summed E-state index contributed by atoms with van der Waals surface area (Å²) in [6, 6.07) is -0.223. The minimum Gasteiger partial charge on any atom is -0.378 e. The van der Waals surface area contributed by atoms with E-state index < -0.39 is 0 Å². The van der Waals surface area contributed by atoms with E-state index in [0.29, 0.717) is 19.3 Å². The molecule has 0 aromatic carbocycles. The molecule has 1 N–H and O–H groups in total. The molecule has 2 aliphatic rings. The van der Waals surface area contributed by atoms with Gasteiger partial charge in [0, 0.05) is 19.4 Å². The second-order valence-corrected chi connectivity index (χ2v) is 4.30. The Morgan fingerprint density at radius 1 is 1.47 bits per heavy atom. The van der Waals surface area contributed by atoms with E-state index in [9.17, 15) is 9.59 Å². The Balaban J connectivity index is 1.70. The summed E-state index contributed by atoms with van der Waals surface area (Å²) >= 11 is 0. The van der Waals surface area contributed by atoms with Gasteiger partial charge < -0.3 is 10.1 Å². The lowest BCUT2D eigenvalue weighted by atomic mass is 10.0. The van der Waals surface area contributed by atoms with Gasteiger partial charge in [-0.2, -0.15) is 0 Å². The maximum absolute atomic E-state index is 11.7. The van der Waals surface area contributed by atoms with Gasteiger partial charge in [-0.1, -0.05) is 0 Å². The van der Waals surface area contributed by atoms with Gasteiger partial charge in [0.05, 0.1) is 12.1 Å². The number of ketones is 1. The van der Waals surface area contributed by atoms with Gasteiger partial charge >= 0.3 is 0 Å². The SMILES string of the molecule is O=C1CC[C@@H](C(=O)CCC2CCCO2)N1. The summed E-state index contributed by atoms with van der Waals surface area (Å²) in [5, 5.41) is 2.70. The molecule has 0 radical (unpaired) electrons. The van der Waals surface area contributed by atoms with Crippen LogP contribution in [0.25, 0.3) is 0 Å². The lowest BCUT2D eigenvalue weighted by Gasteiger charge is -2.11. The van der Waals surface area contributed by atoms with Crippen LogP contribution < -0.4 is 5.32 Å². The third-order valence-electron chi connectivity index (χ3n) is 3.12. The zero-order chi connectivity index (χ0) is 10.7. The largest absolute Gasteiger partial charge is 0.378 e. The molecular formula is C11H17NO3. The van der Waals surface area contributed by atoms with E-state index in [1.54, 1.807) is 0 Å². The van der Waals surface area contributed by atoms with Crippen LogP contribution in [0.3, 0.4) is 0 Å². The van der Waals surface area contributed by atoms with E-state index >= 15 is 0 Å². The number of nitrogens with one attached hydrogen (secondary N) is 1. The molecule has 2 fully saturated rings. The maximum atomic E-state index is 11.7. The molecule has 0 aliphatic carbocycles. The molecule has 15 heavy (non-hydrogen) atoms. The number of hydrogen-bond acceptors (Lipinski definition) is 3. The maximum Gasteiger partial charge on any atom is 0.220 e. The van der Waals surface area contributed by atoms with Crippen molar-refractivity contribution in [1.82, 2.24) is 5.32 Å². The third kappa shape index (κ3) is 2.78. The number of Topliss-reactive ketones (excluding diaryl/α,β-unsaturated/α-hetero) is 1. The van der Waals surface area contributed by atoms with Crippen molar-refractivity contribution in [1.29, 1.82) is 0 Å². The standard InChI is InChI=1S/C11H17NO3/c13-10(9-4-6-11(14)12-9)5-3-8-2-1-7-15-8/h8-9H,1-7H2,(H,12,14)/t8?,9-/m0/s1. The zero-order valence-electron chi connectivity index (χ0n) is 8.83. The van der Waals surface area contributed by atoms with E-state index in [-0.39, 0.29) is 23.8 Å². The van der Waals surface area contributed by atoms with Gasteiger partial charge in [0.1, 0.15) is 0 Å². The molecule has 1 amide bonds. The number of ether oxygens (including phenoxy) is 1. The first-order valence-corrected chi connectivity index (χ1v) is 5.69. The highest BCUT2D eigenvalue weighted by atomic mass is 16.5. The smallest absolute Gasteiger partial charge is 0.220 e. The van der Waals surface area contributed by atoms with Gasteiger partial charge in [-0.25, -0.2) is 0 Å². The first-order valence-electron chi connectivity index (χ1n) is 5.69. The molecule has 4 nitrogen and oxygen atoms in total. The fourth-order valence-corrected chi connectivity index (χ4v) is 2.21. The molecule has 84 valence electrons. The molecule has 0 bridgehead atoms.